The molecule has 3 aromatic carbocycles. The van der Waals surface area contributed by atoms with Gasteiger partial charge in [-0.1, -0.05) is 42.5 Å². The SMILES string of the molecule is CCS(=O)(=O)Nc1ccc(C2=NN(S(=O)(=O)c3cccc(F)c3)[C@@H](c3ccccc3C)C2)cc1. The molecule has 0 aromatic heterocycles. The molecule has 1 aliphatic heterocycles. The van der Waals surface area contributed by atoms with Crippen LogP contribution < -0.4 is 4.72 Å². The number of rotatable bonds is 7. The molecule has 1 N–H and O–H groups in total. The largest absolute Gasteiger partial charge is 0.284 e. The topological polar surface area (TPSA) is 95.9 Å². The van der Waals surface area contributed by atoms with E-state index in [9.17, 15) is 21.2 Å². The van der Waals surface area contributed by atoms with Crippen LogP contribution >= 0.6 is 0 Å². The Morgan fingerprint density at radius 1 is 1.00 bits per heavy atom. The third-order valence-corrected chi connectivity index (χ3v) is 8.62. The van der Waals surface area contributed by atoms with E-state index in [0.717, 1.165) is 21.6 Å². The van der Waals surface area contributed by atoms with E-state index in [1.165, 1.54) is 18.2 Å². The number of nitrogens with one attached hydrogen (secondary N) is 1. The summed E-state index contributed by atoms with van der Waals surface area (Å²) < 4.78 is 67.9. The highest BCUT2D eigenvalue weighted by Gasteiger charge is 2.38. The summed E-state index contributed by atoms with van der Waals surface area (Å²) in [5, 5.41) is 4.46. The summed E-state index contributed by atoms with van der Waals surface area (Å²) in [5.41, 5.74) is 3.30. The Morgan fingerprint density at radius 3 is 2.35 bits per heavy atom. The van der Waals surface area contributed by atoms with Crippen molar-refractivity contribution >= 4 is 31.4 Å². The molecule has 1 aliphatic rings. The van der Waals surface area contributed by atoms with E-state index in [1.54, 1.807) is 31.2 Å². The average Bonchev–Trinajstić information content (AvgIpc) is 3.26. The van der Waals surface area contributed by atoms with Crippen LogP contribution in [-0.2, 0) is 20.0 Å². The normalized spacial score (nSPS) is 16.4. The van der Waals surface area contributed by atoms with Crippen molar-refractivity contribution in [3.05, 3.63) is 95.3 Å². The van der Waals surface area contributed by atoms with Crippen molar-refractivity contribution in [2.24, 2.45) is 5.10 Å². The maximum absolute atomic E-state index is 13.8. The van der Waals surface area contributed by atoms with Gasteiger partial charge in [-0.15, -0.1) is 0 Å². The minimum Gasteiger partial charge on any atom is -0.284 e. The first-order valence-corrected chi connectivity index (χ1v) is 13.7. The van der Waals surface area contributed by atoms with Crippen LogP contribution in [0.15, 0.2) is 82.8 Å². The molecule has 0 fully saturated rings. The standard InChI is InChI=1S/C24H24FN3O4S2/c1-3-33(29,30)27-20-13-11-18(12-14-20)23-16-24(22-10-5-4-7-17(22)2)28(26-23)34(31,32)21-9-6-8-19(25)15-21/h4-15,24,27H,3,16H2,1-2H3/t24-/m1/s1. The lowest BCUT2D eigenvalue weighted by Gasteiger charge is -2.24. The van der Waals surface area contributed by atoms with Gasteiger partial charge in [-0.05, 0) is 60.9 Å². The maximum atomic E-state index is 13.8. The van der Waals surface area contributed by atoms with Crippen LogP contribution in [0.4, 0.5) is 10.1 Å². The number of benzene rings is 3. The predicted octanol–water partition coefficient (Wildman–Crippen LogP) is 4.44. The van der Waals surface area contributed by atoms with Crippen molar-refractivity contribution in [3.8, 4) is 0 Å². The van der Waals surface area contributed by atoms with Gasteiger partial charge in [-0.2, -0.15) is 17.9 Å². The van der Waals surface area contributed by atoms with E-state index >= 15 is 0 Å². The monoisotopic (exact) mass is 501 g/mol. The number of hydrogen-bond acceptors (Lipinski definition) is 5. The van der Waals surface area contributed by atoms with Crippen molar-refractivity contribution in [1.29, 1.82) is 0 Å². The zero-order valence-electron chi connectivity index (χ0n) is 18.6. The van der Waals surface area contributed by atoms with Crippen molar-refractivity contribution < 1.29 is 21.2 Å². The Balaban J connectivity index is 1.74. The van der Waals surface area contributed by atoms with Gasteiger partial charge in [0.2, 0.25) is 10.0 Å². The summed E-state index contributed by atoms with van der Waals surface area (Å²) in [5.74, 6) is -0.700. The van der Waals surface area contributed by atoms with Crippen LogP contribution in [0.2, 0.25) is 0 Å². The molecule has 1 atom stereocenters. The number of hydrogen-bond donors (Lipinski definition) is 1. The van der Waals surface area contributed by atoms with E-state index in [1.807, 2.05) is 31.2 Å². The summed E-state index contributed by atoms with van der Waals surface area (Å²) in [6, 6.07) is 18.3. The fourth-order valence-corrected chi connectivity index (χ4v) is 5.89. The molecule has 3 aromatic rings. The molecule has 0 radical (unpaired) electrons. The van der Waals surface area contributed by atoms with E-state index in [4.69, 9.17) is 0 Å². The molecule has 0 amide bonds. The summed E-state index contributed by atoms with van der Waals surface area (Å²) in [7, 11) is -7.55. The van der Waals surface area contributed by atoms with Gasteiger partial charge < -0.3 is 0 Å². The molecule has 0 spiro atoms. The molecular formula is C24H24FN3O4S2. The van der Waals surface area contributed by atoms with E-state index in [-0.39, 0.29) is 10.6 Å². The molecule has 1 heterocycles. The maximum Gasteiger partial charge on any atom is 0.279 e. The third kappa shape index (κ3) is 4.83. The fraction of sp³-hybridized carbons (Fsp3) is 0.208. The third-order valence-electron chi connectivity index (χ3n) is 5.63. The van der Waals surface area contributed by atoms with Crippen LogP contribution in [0, 0.1) is 12.7 Å². The van der Waals surface area contributed by atoms with Crippen molar-refractivity contribution in [1.82, 2.24) is 4.41 Å². The molecule has 0 saturated heterocycles. The van der Waals surface area contributed by atoms with Gasteiger partial charge in [-0.25, -0.2) is 12.8 Å². The van der Waals surface area contributed by atoms with Crippen molar-refractivity contribution in [2.75, 3.05) is 10.5 Å². The first-order valence-electron chi connectivity index (χ1n) is 10.6. The first kappa shape index (κ1) is 23.9. The van der Waals surface area contributed by atoms with Crippen LogP contribution in [0.3, 0.4) is 0 Å². The zero-order chi connectivity index (χ0) is 24.5. The van der Waals surface area contributed by atoms with Crippen LogP contribution in [0.5, 0.6) is 0 Å². The minimum atomic E-state index is -4.14. The number of hydrazone groups is 1. The molecule has 10 heteroatoms. The number of aryl methyl sites for hydroxylation is 1. The molecule has 0 saturated carbocycles. The second-order valence-corrected chi connectivity index (χ2v) is 11.7. The quantitative estimate of drug-likeness (QED) is 0.518. The number of sulfonamides is 2. The van der Waals surface area contributed by atoms with Crippen LogP contribution in [0.25, 0.3) is 0 Å². The molecule has 0 unspecified atom stereocenters. The molecule has 4 rings (SSSR count). The number of nitrogens with zero attached hydrogens (tertiary/aromatic N) is 2. The summed E-state index contributed by atoms with van der Waals surface area (Å²) in [6.07, 6.45) is 0.305. The van der Waals surface area contributed by atoms with Crippen molar-refractivity contribution in [3.63, 3.8) is 0 Å². The Kier molecular flexibility index (Phi) is 6.46. The Morgan fingerprint density at radius 2 is 1.71 bits per heavy atom. The second-order valence-electron chi connectivity index (χ2n) is 7.94. The molecule has 0 bridgehead atoms. The summed E-state index contributed by atoms with van der Waals surface area (Å²) in [4.78, 5) is -0.180. The predicted molar refractivity (Wildman–Crippen MR) is 130 cm³/mol. The minimum absolute atomic E-state index is 0.0491. The van der Waals surface area contributed by atoms with Gasteiger partial charge in [0.25, 0.3) is 10.0 Å². The zero-order valence-corrected chi connectivity index (χ0v) is 20.3. The van der Waals surface area contributed by atoms with Gasteiger partial charge in [0.15, 0.2) is 0 Å². The average molecular weight is 502 g/mol. The molecular weight excluding hydrogens is 477 g/mol. The lowest BCUT2D eigenvalue weighted by atomic mass is 9.96. The Hall–Kier alpha value is -3.24. The second kappa shape index (κ2) is 9.19. The number of halogens is 1. The Bertz CT molecular complexity index is 1450. The first-order chi connectivity index (χ1) is 16.1. The number of anilines is 1. The molecule has 178 valence electrons. The van der Waals surface area contributed by atoms with Gasteiger partial charge >= 0.3 is 0 Å². The molecule has 7 nitrogen and oxygen atoms in total. The van der Waals surface area contributed by atoms with E-state index in [0.29, 0.717) is 23.4 Å². The highest BCUT2D eigenvalue weighted by Crippen LogP contribution is 2.38. The lowest BCUT2D eigenvalue weighted by molar-refractivity contribution is 0.370. The van der Waals surface area contributed by atoms with Crippen LogP contribution in [-0.4, -0.2) is 32.7 Å². The smallest absolute Gasteiger partial charge is 0.279 e. The molecule has 0 aliphatic carbocycles. The highest BCUT2D eigenvalue weighted by atomic mass is 32.2. The fourth-order valence-electron chi connectivity index (χ4n) is 3.80. The summed E-state index contributed by atoms with van der Waals surface area (Å²) in [6.45, 7) is 3.44. The lowest BCUT2D eigenvalue weighted by Crippen LogP contribution is -2.27. The van der Waals surface area contributed by atoms with Crippen molar-refractivity contribution in [2.45, 2.75) is 31.2 Å². The molecule has 34 heavy (non-hydrogen) atoms. The van der Waals surface area contributed by atoms with Gasteiger partial charge in [0.1, 0.15) is 5.82 Å². The van der Waals surface area contributed by atoms with E-state index in [2.05, 4.69) is 9.82 Å². The Labute approximate surface area is 199 Å². The van der Waals surface area contributed by atoms with Gasteiger partial charge in [0.05, 0.1) is 22.4 Å². The van der Waals surface area contributed by atoms with E-state index < -0.39 is 31.9 Å². The van der Waals surface area contributed by atoms with Gasteiger partial charge in [-0.3, -0.25) is 4.72 Å². The summed E-state index contributed by atoms with van der Waals surface area (Å²) >= 11 is 0. The van der Waals surface area contributed by atoms with Gasteiger partial charge in [0, 0.05) is 12.1 Å². The van der Waals surface area contributed by atoms with Crippen LogP contribution in [0.1, 0.15) is 36.1 Å². The highest BCUT2D eigenvalue weighted by molar-refractivity contribution is 7.92.